The maximum absolute atomic E-state index is 6.34. The van der Waals surface area contributed by atoms with E-state index in [2.05, 4.69) is 15.9 Å². The van der Waals surface area contributed by atoms with Crippen LogP contribution in [0.15, 0.2) is 40.9 Å². The van der Waals surface area contributed by atoms with Crippen LogP contribution in [0.1, 0.15) is 24.1 Å². The van der Waals surface area contributed by atoms with E-state index in [-0.39, 0.29) is 6.04 Å². The summed E-state index contributed by atoms with van der Waals surface area (Å²) in [6, 6.07) is 10.7. The fourth-order valence-corrected chi connectivity index (χ4v) is 2.91. The molecular formula is C15H14BrCl2NO. The lowest BCUT2D eigenvalue weighted by atomic mass is 9.99. The van der Waals surface area contributed by atoms with Gasteiger partial charge in [-0.25, -0.2) is 0 Å². The Bertz CT molecular complexity index is 599. The minimum absolute atomic E-state index is 0.356. The average Bonchev–Trinajstić information content (AvgIpc) is 2.39. The molecule has 0 aliphatic heterocycles. The van der Waals surface area contributed by atoms with Gasteiger partial charge >= 0.3 is 0 Å². The predicted molar refractivity (Wildman–Crippen MR) is 87.8 cm³/mol. The smallest absolute Gasteiger partial charge is 0.124 e. The molecule has 2 aromatic carbocycles. The zero-order valence-corrected chi connectivity index (χ0v) is 14.0. The van der Waals surface area contributed by atoms with Gasteiger partial charge < -0.3 is 10.5 Å². The monoisotopic (exact) mass is 373 g/mol. The number of rotatable bonds is 4. The Hall–Kier alpha value is -0.740. The minimum atomic E-state index is -0.356. The fraction of sp³-hybridized carbons (Fsp3) is 0.200. The van der Waals surface area contributed by atoms with Gasteiger partial charge in [-0.3, -0.25) is 0 Å². The van der Waals surface area contributed by atoms with Gasteiger partial charge in [0.2, 0.25) is 0 Å². The zero-order chi connectivity index (χ0) is 14.7. The quantitative estimate of drug-likeness (QED) is 0.797. The molecule has 0 aliphatic rings. The summed E-state index contributed by atoms with van der Waals surface area (Å²) in [4.78, 5) is 0. The van der Waals surface area contributed by atoms with Crippen LogP contribution >= 0.6 is 39.1 Å². The van der Waals surface area contributed by atoms with Gasteiger partial charge in [0.25, 0.3) is 0 Å². The molecule has 20 heavy (non-hydrogen) atoms. The molecule has 2 rings (SSSR count). The lowest BCUT2D eigenvalue weighted by molar-refractivity contribution is 0.335. The number of halogens is 3. The molecule has 2 aromatic rings. The fourth-order valence-electron chi connectivity index (χ4n) is 1.98. The van der Waals surface area contributed by atoms with Crippen LogP contribution in [0.25, 0.3) is 0 Å². The van der Waals surface area contributed by atoms with Crippen molar-refractivity contribution in [2.24, 2.45) is 5.73 Å². The third-order valence-corrected chi connectivity index (χ3v) is 3.78. The molecule has 2 nitrogen and oxygen atoms in total. The van der Waals surface area contributed by atoms with Crippen LogP contribution in [0.3, 0.4) is 0 Å². The minimum Gasteiger partial charge on any atom is -0.494 e. The lowest BCUT2D eigenvalue weighted by Gasteiger charge is -2.18. The van der Waals surface area contributed by atoms with E-state index < -0.39 is 0 Å². The van der Waals surface area contributed by atoms with E-state index in [0.717, 1.165) is 21.3 Å². The van der Waals surface area contributed by atoms with Crippen LogP contribution in [0.5, 0.6) is 5.75 Å². The van der Waals surface area contributed by atoms with Crippen molar-refractivity contribution in [1.29, 1.82) is 0 Å². The Morgan fingerprint density at radius 3 is 2.40 bits per heavy atom. The van der Waals surface area contributed by atoms with E-state index in [1.54, 1.807) is 6.07 Å². The molecule has 1 unspecified atom stereocenters. The SMILES string of the molecule is CCOc1ccc(Br)cc1C(N)c1cc(Cl)cc(Cl)c1. The molecule has 0 saturated carbocycles. The highest BCUT2D eigenvalue weighted by Gasteiger charge is 2.16. The number of benzene rings is 2. The summed E-state index contributed by atoms with van der Waals surface area (Å²) in [7, 11) is 0. The predicted octanol–water partition coefficient (Wildman–Crippen LogP) is 5.20. The topological polar surface area (TPSA) is 35.2 Å². The normalized spacial score (nSPS) is 12.2. The number of hydrogen-bond acceptors (Lipinski definition) is 2. The maximum Gasteiger partial charge on any atom is 0.124 e. The summed E-state index contributed by atoms with van der Waals surface area (Å²) in [6.07, 6.45) is 0. The molecule has 0 radical (unpaired) electrons. The van der Waals surface area contributed by atoms with Crippen molar-refractivity contribution in [1.82, 2.24) is 0 Å². The molecule has 0 heterocycles. The summed E-state index contributed by atoms with van der Waals surface area (Å²) in [5.74, 6) is 0.763. The first-order chi connectivity index (χ1) is 9.51. The first-order valence-electron chi connectivity index (χ1n) is 6.15. The summed E-state index contributed by atoms with van der Waals surface area (Å²) < 4.78 is 6.57. The van der Waals surface area contributed by atoms with Crippen molar-refractivity contribution < 1.29 is 4.74 Å². The summed E-state index contributed by atoms with van der Waals surface area (Å²) >= 11 is 15.5. The molecule has 106 valence electrons. The lowest BCUT2D eigenvalue weighted by Crippen LogP contribution is -2.13. The van der Waals surface area contributed by atoms with Crippen molar-refractivity contribution in [3.8, 4) is 5.75 Å². The van der Waals surface area contributed by atoms with Crippen LogP contribution in [0, 0.1) is 0 Å². The van der Waals surface area contributed by atoms with Gasteiger partial charge in [0.1, 0.15) is 5.75 Å². The second-order valence-corrected chi connectivity index (χ2v) is 6.08. The molecule has 0 aromatic heterocycles. The van der Waals surface area contributed by atoms with Gasteiger partial charge in [-0.15, -0.1) is 0 Å². The summed E-state index contributed by atoms with van der Waals surface area (Å²) in [5.41, 5.74) is 8.07. The van der Waals surface area contributed by atoms with Crippen molar-refractivity contribution in [3.05, 3.63) is 62.0 Å². The molecule has 0 saturated heterocycles. The molecule has 0 amide bonds. The maximum atomic E-state index is 6.34. The van der Waals surface area contributed by atoms with Crippen LogP contribution < -0.4 is 10.5 Å². The molecule has 0 spiro atoms. The second-order valence-electron chi connectivity index (χ2n) is 4.30. The highest BCUT2D eigenvalue weighted by atomic mass is 79.9. The number of hydrogen-bond donors (Lipinski definition) is 1. The largest absolute Gasteiger partial charge is 0.494 e. The Labute approximate surface area is 137 Å². The third kappa shape index (κ3) is 3.67. The summed E-state index contributed by atoms with van der Waals surface area (Å²) in [5, 5.41) is 1.13. The van der Waals surface area contributed by atoms with E-state index in [1.807, 2.05) is 37.3 Å². The van der Waals surface area contributed by atoms with E-state index in [1.165, 1.54) is 0 Å². The summed E-state index contributed by atoms with van der Waals surface area (Å²) in [6.45, 7) is 2.52. The average molecular weight is 375 g/mol. The van der Waals surface area contributed by atoms with Crippen LogP contribution in [0.2, 0.25) is 10.0 Å². The number of ether oxygens (including phenoxy) is 1. The van der Waals surface area contributed by atoms with Crippen LogP contribution in [0.4, 0.5) is 0 Å². The van der Waals surface area contributed by atoms with Gasteiger partial charge in [0.05, 0.1) is 12.6 Å². The van der Waals surface area contributed by atoms with E-state index in [4.69, 9.17) is 33.7 Å². The standard InChI is InChI=1S/C15H14BrCl2NO/c1-2-20-14-4-3-10(16)7-13(14)15(19)9-5-11(17)8-12(18)6-9/h3-8,15H,2,19H2,1H3. The van der Waals surface area contributed by atoms with E-state index in [9.17, 15) is 0 Å². The van der Waals surface area contributed by atoms with E-state index in [0.29, 0.717) is 16.7 Å². The van der Waals surface area contributed by atoms with Crippen LogP contribution in [-0.2, 0) is 0 Å². The van der Waals surface area contributed by atoms with E-state index >= 15 is 0 Å². The number of nitrogens with two attached hydrogens (primary N) is 1. The van der Waals surface area contributed by atoms with Crippen LogP contribution in [-0.4, -0.2) is 6.61 Å². The van der Waals surface area contributed by atoms with Gasteiger partial charge in [-0.05, 0) is 48.9 Å². The van der Waals surface area contributed by atoms with Crippen molar-refractivity contribution in [2.75, 3.05) is 6.61 Å². The Morgan fingerprint density at radius 1 is 1.15 bits per heavy atom. The first-order valence-corrected chi connectivity index (χ1v) is 7.70. The molecular weight excluding hydrogens is 361 g/mol. The van der Waals surface area contributed by atoms with Crippen molar-refractivity contribution in [3.63, 3.8) is 0 Å². The van der Waals surface area contributed by atoms with Gasteiger partial charge in [0, 0.05) is 20.1 Å². The van der Waals surface area contributed by atoms with Crippen molar-refractivity contribution >= 4 is 39.1 Å². The third-order valence-electron chi connectivity index (χ3n) is 2.85. The molecule has 0 fully saturated rings. The molecule has 1 atom stereocenters. The first kappa shape index (κ1) is 15.6. The Morgan fingerprint density at radius 2 is 1.80 bits per heavy atom. The van der Waals surface area contributed by atoms with Gasteiger partial charge in [-0.2, -0.15) is 0 Å². The highest BCUT2D eigenvalue weighted by Crippen LogP contribution is 2.33. The van der Waals surface area contributed by atoms with Crippen molar-refractivity contribution in [2.45, 2.75) is 13.0 Å². The molecule has 2 N–H and O–H groups in total. The Balaban J connectivity index is 2.46. The Kier molecular flexibility index (Phi) is 5.33. The zero-order valence-electron chi connectivity index (χ0n) is 10.9. The highest BCUT2D eigenvalue weighted by molar-refractivity contribution is 9.10. The molecule has 0 aliphatic carbocycles. The van der Waals surface area contributed by atoms with Gasteiger partial charge in [-0.1, -0.05) is 39.1 Å². The molecule has 5 heteroatoms. The molecule has 0 bridgehead atoms. The second kappa shape index (κ2) is 6.81. The van der Waals surface area contributed by atoms with Gasteiger partial charge in [0.15, 0.2) is 0 Å².